The van der Waals surface area contributed by atoms with Gasteiger partial charge in [-0.15, -0.1) is 11.3 Å². The van der Waals surface area contributed by atoms with Gasteiger partial charge in [-0.1, -0.05) is 19.9 Å². The molecule has 0 saturated carbocycles. The Labute approximate surface area is 148 Å². The summed E-state index contributed by atoms with van der Waals surface area (Å²) in [7, 11) is -3.47. The van der Waals surface area contributed by atoms with Crippen LogP contribution < -0.4 is 0 Å². The van der Waals surface area contributed by atoms with Crippen molar-refractivity contribution < 1.29 is 18.3 Å². The normalized spacial score (nSPS) is 29.6. The van der Waals surface area contributed by atoms with Crippen molar-refractivity contribution in [1.82, 2.24) is 9.21 Å². The maximum Gasteiger partial charge on any atom is 0.252 e. The molecule has 0 radical (unpaired) electrons. The lowest BCUT2D eigenvalue weighted by molar-refractivity contribution is -0.128. The van der Waals surface area contributed by atoms with Crippen molar-refractivity contribution in [3.8, 4) is 0 Å². The van der Waals surface area contributed by atoms with E-state index in [4.69, 9.17) is 4.74 Å². The summed E-state index contributed by atoms with van der Waals surface area (Å²) in [5.41, 5.74) is -1.42. The molecule has 3 rings (SSSR count). The van der Waals surface area contributed by atoms with E-state index < -0.39 is 21.0 Å². The molecule has 136 valence electrons. The van der Waals surface area contributed by atoms with Gasteiger partial charge >= 0.3 is 0 Å². The molecule has 0 amide bonds. The highest BCUT2D eigenvalue weighted by atomic mass is 32.2. The number of rotatable bonds is 4. The molecule has 1 aromatic rings. The van der Waals surface area contributed by atoms with Crippen LogP contribution in [0.15, 0.2) is 21.7 Å². The van der Waals surface area contributed by atoms with E-state index in [0.29, 0.717) is 43.5 Å². The number of sulfonamides is 1. The second kappa shape index (κ2) is 6.66. The lowest BCUT2D eigenvalue weighted by Crippen LogP contribution is -2.63. The monoisotopic (exact) mass is 374 g/mol. The molecule has 1 atom stereocenters. The minimum absolute atomic E-state index is 0.327. The fraction of sp³-hybridized carbons (Fsp3) is 0.750. The number of thiophene rings is 1. The quantitative estimate of drug-likeness (QED) is 0.858. The summed E-state index contributed by atoms with van der Waals surface area (Å²) in [5.74, 6) is 0. The molecule has 1 unspecified atom stereocenters. The van der Waals surface area contributed by atoms with E-state index in [0.717, 1.165) is 13.1 Å². The second-order valence-corrected chi connectivity index (χ2v) is 10.4. The van der Waals surface area contributed by atoms with Gasteiger partial charge in [0.05, 0.1) is 18.8 Å². The van der Waals surface area contributed by atoms with Crippen molar-refractivity contribution in [3.05, 3.63) is 17.5 Å². The van der Waals surface area contributed by atoms with Crippen LogP contribution in [0.1, 0.15) is 20.3 Å². The topological polar surface area (TPSA) is 70.1 Å². The Hall–Kier alpha value is -0.510. The molecular formula is C16H26N2O4S2. The van der Waals surface area contributed by atoms with Crippen LogP contribution >= 0.6 is 11.3 Å². The van der Waals surface area contributed by atoms with Crippen molar-refractivity contribution in [2.75, 3.05) is 45.9 Å². The highest BCUT2D eigenvalue weighted by molar-refractivity contribution is 7.91. The molecule has 6 nitrogen and oxygen atoms in total. The molecule has 2 fully saturated rings. The number of hydrogen-bond donors (Lipinski definition) is 1. The first-order chi connectivity index (χ1) is 11.2. The van der Waals surface area contributed by atoms with Gasteiger partial charge in [-0.2, -0.15) is 4.31 Å². The molecule has 2 saturated heterocycles. The van der Waals surface area contributed by atoms with E-state index in [1.54, 1.807) is 17.5 Å². The van der Waals surface area contributed by atoms with Gasteiger partial charge in [-0.25, -0.2) is 8.42 Å². The van der Waals surface area contributed by atoms with Crippen LogP contribution in [-0.2, 0) is 14.8 Å². The average molecular weight is 375 g/mol. The van der Waals surface area contributed by atoms with Crippen LogP contribution in [0.25, 0.3) is 0 Å². The number of piperidine rings is 1. The van der Waals surface area contributed by atoms with Gasteiger partial charge in [-0.3, -0.25) is 4.90 Å². The van der Waals surface area contributed by atoms with Gasteiger partial charge in [0, 0.05) is 38.1 Å². The number of ether oxygens (including phenoxy) is 1. The minimum atomic E-state index is -3.47. The zero-order valence-electron chi connectivity index (χ0n) is 14.3. The molecule has 2 aliphatic heterocycles. The fourth-order valence-corrected chi connectivity index (χ4v) is 6.23. The summed E-state index contributed by atoms with van der Waals surface area (Å²) in [4.78, 5) is 2.22. The van der Waals surface area contributed by atoms with Crippen molar-refractivity contribution >= 4 is 21.4 Å². The molecule has 8 heteroatoms. The van der Waals surface area contributed by atoms with Gasteiger partial charge in [-0.05, 0) is 17.9 Å². The van der Waals surface area contributed by atoms with E-state index in [1.165, 1.54) is 15.6 Å². The first-order valence-corrected chi connectivity index (χ1v) is 10.6. The van der Waals surface area contributed by atoms with Crippen LogP contribution in [0.3, 0.4) is 0 Å². The Morgan fingerprint density at radius 1 is 1.29 bits per heavy atom. The SMILES string of the molecule is CC1(C)CN(S(=O)(=O)c2cccs2)CCC1(O)CN1CCOCC1. The highest BCUT2D eigenvalue weighted by Crippen LogP contribution is 2.41. The molecule has 0 bridgehead atoms. The molecule has 1 N–H and O–H groups in total. The lowest BCUT2D eigenvalue weighted by Gasteiger charge is -2.51. The molecule has 1 aromatic heterocycles. The Morgan fingerprint density at radius 3 is 2.58 bits per heavy atom. The zero-order valence-corrected chi connectivity index (χ0v) is 15.9. The van der Waals surface area contributed by atoms with Gasteiger partial charge in [0.2, 0.25) is 0 Å². The number of nitrogens with zero attached hydrogens (tertiary/aromatic N) is 2. The smallest absolute Gasteiger partial charge is 0.252 e. The summed E-state index contributed by atoms with van der Waals surface area (Å²) >= 11 is 1.24. The van der Waals surface area contributed by atoms with Gasteiger partial charge in [0.1, 0.15) is 4.21 Å². The van der Waals surface area contributed by atoms with Crippen LogP contribution in [0, 0.1) is 5.41 Å². The Bertz CT molecular complexity index is 654. The van der Waals surface area contributed by atoms with Crippen LogP contribution in [-0.4, -0.2) is 74.3 Å². The van der Waals surface area contributed by atoms with Gasteiger partial charge in [0.15, 0.2) is 0 Å². The van der Waals surface area contributed by atoms with E-state index >= 15 is 0 Å². The standard InChI is InChI=1S/C16H26N2O4S2/c1-15(2)12-18(24(20,21)14-4-3-11-23-14)6-5-16(15,19)13-17-7-9-22-10-8-17/h3-4,11,19H,5-10,12-13H2,1-2H3. The van der Waals surface area contributed by atoms with Crippen molar-refractivity contribution in [2.45, 2.75) is 30.1 Å². The zero-order chi connectivity index (χ0) is 17.4. The van der Waals surface area contributed by atoms with Gasteiger partial charge in [0.25, 0.3) is 10.0 Å². The third kappa shape index (κ3) is 3.40. The summed E-state index contributed by atoms with van der Waals surface area (Å²) in [5, 5.41) is 13.0. The predicted octanol–water partition coefficient (Wildman–Crippen LogP) is 1.23. The summed E-state index contributed by atoms with van der Waals surface area (Å²) < 4.78 is 32.8. The maximum atomic E-state index is 12.8. The van der Waals surface area contributed by atoms with Crippen molar-refractivity contribution in [1.29, 1.82) is 0 Å². The first kappa shape index (κ1) is 18.3. The molecular weight excluding hydrogens is 348 g/mol. The third-order valence-corrected chi connectivity index (χ3v) is 8.50. The Morgan fingerprint density at radius 2 is 2.00 bits per heavy atom. The number of β-amino-alcohol motifs (C(OH)–C–C–N with tert-alkyl or cyclic N) is 1. The number of hydrogen-bond acceptors (Lipinski definition) is 6. The van der Waals surface area contributed by atoms with Crippen LogP contribution in [0.5, 0.6) is 0 Å². The number of aliphatic hydroxyl groups is 1. The summed E-state index contributed by atoms with van der Waals surface area (Å²) in [6.45, 7) is 8.18. The molecule has 0 aliphatic carbocycles. The molecule has 24 heavy (non-hydrogen) atoms. The Kier molecular flexibility index (Phi) is 5.07. The summed E-state index contributed by atoms with van der Waals surface area (Å²) in [6.07, 6.45) is 0.446. The number of morpholine rings is 1. The van der Waals surface area contributed by atoms with E-state index in [9.17, 15) is 13.5 Å². The fourth-order valence-electron chi connectivity index (χ4n) is 3.48. The highest BCUT2D eigenvalue weighted by Gasteiger charge is 2.50. The lowest BCUT2D eigenvalue weighted by atomic mass is 9.70. The van der Waals surface area contributed by atoms with E-state index in [1.807, 2.05) is 13.8 Å². The largest absolute Gasteiger partial charge is 0.388 e. The average Bonchev–Trinajstić information content (AvgIpc) is 3.06. The van der Waals surface area contributed by atoms with Crippen LogP contribution in [0.4, 0.5) is 0 Å². The first-order valence-electron chi connectivity index (χ1n) is 8.31. The summed E-state index contributed by atoms with van der Waals surface area (Å²) in [6, 6.07) is 3.39. The van der Waals surface area contributed by atoms with E-state index in [-0.39, 0.29) is 0 Å². The molecule has 2 aliphatic rings. The minimum Gasteiger partial charge on any atom is -0.388 e. The molecule has 0 spiro atoms. The predicted molar refractivity (Wildman–Crippen MR) is 93.7 cm³/mol. The van der Waals surface area contributed by atoms with Crippen molar-refractivity contribution in [3.63, 3.8) is 0 Å². The molecule has 0 aromatic carbocycles. The van der Waals surface area contributed by atoms with Gasteiger partial charge < -0.3 is 9.84 Å². The maximum absolute atomic E-state index is 12.8. The molecule has 3 heterocycles. The third-order valence-electron chi connectivity index (χ3n) is 5.28. The van der Waals surface area contributed by atoms with Crippen LogP contribution in [0.2, 0.25) is 0 Å². The van der Waals surface area contributed by atoms with E-state index in [2.05, 4.69) is 4.90 Å². The Balaban J connectivity index is 1.74. The van der Waals surface area contributed by atoms with Crippen molar-refractivity contribution in [2.24, 2.45) is 5.41 Å². The second-order valence-electron chi connectivity index (χ2n) is 7.32.